The number of likely N-dealkylation sites (tertiary alicyclic amines) is 1. The van der Waals surface area contributed by atoms with Crippen LogP contribution in [0.1, 0.15) is 83.0 Å². The summed E-state index contributed by atoms with van der Waals surface area (Å²) < 4.78 is 25.0. The molecule has 0 spiro atoms. The van der Waals surface area contributed by atoms with E-state index < -0.39 is 5.60 Å². The van der Waals surface area contributed by atoms with Crippen LogP contribution in [0.15, 0.2) is 47.2 Å². The van der Waals surface area contributed by atoms with Crippen molar-refractivity contribution >= 4 is 6.09 Å². The van der Waals surface area contributed by atoms with Gasteiger partial charge in [0.25, 0.3) is 0 Å². The summed E-state index contributed by atoms with van der Waals surface area (Å²) in [5.74, 6) is 14.1. The number of hydrogen-bond donors (Lipinski definition) is 0. The van der Waals surface area contributed by atoms with Crippen LogP contribution in [0.25, 0.3) is 11.3 Å². The second-order valence-electron chi connectivity index (χ2n) is 12.0. The largest absolute Gasteiger partial charge is 0.444 e. The minimum Gasteiger partial charge on any atom is -0.444 e. The number of aromatic nitrogens is 3. The third-order valence-corrected chi connectivity index (χ3v) is 7.36. The summed E-state index contributed by atoms with van der Waals surface area (Å²) >= 11 is 0. The van der Waals surface area contributed by atoms with Crippen LogP contribution < -0.4 is 0 Å². The fraction of sp³-hybridized carbons (Fsp3) is 0.500. The summed E-state index contributed by atoms with van der Waals surface area (Å²) in [4.78, 5) is 18.5. The topological polar surface area (TPSA) is 91.9 Å². The highest BCUT2D eigenvalue weighted by atomic mass is 16.7. The zero-order valence-electron chi connectivity index (χ0n) is 25.5. The van der Waals surface area contributed by atoms with E-state index in [1.165, 1.54) is 0 Å². The van der Waals surface area contributed by atoms with Crippen molar-refractivity contribution in [1.82, 2.24) is 19.6 Å². The molecule has 0 N–H and O–H groups in total. The van der Waals surface area contributed by atoms with E-state index in [-0.39, 0.29) is 24.4 Å². The number of carbonyl (C=O) groups is 1. The smallest absolute Gasteiger partial charge is 0.410 e. The molecule has 1 aromatic carbocycles. The lowest BCUT2D eigenvalue weighted by Crippen LogP contribution is -2.41. The molecule has 3 aromatic rings. The molecular weight excluding hydrogens is 544 g/mol. The van der Waals surface area contributed by atoms with E-state index in [2.05, 4.69) is 33.8 Å². The third kappa shape index (κ3) is 8.73. The molecule has 226 valence electrons. The minimum absolute atomic E-state index is 0.178. The van der Waals surface area contributed by atoms with Crippen LogP contribution >= 0.6 is 0 Å². The molecule has 9 nitrogen and oxygen atoms in total. The van der Waals surface area contributed by atoms with Gasteiger partial charge in [-0.1, -0.05) is 17.0 Å². The van der Waals surface area contributed by atoms with E-state index in [0.29, 0.717) is 25.4 Å². The van der Waals surface area contributed by atoms with Gasteiger partial charge in [-0.15, -0.1) is 0 Å². The number of rotatable bonds is 6. The number of carbonyl (C=O) groups excluding carboxylic acids is 1. The van der Waals surface area contributed by atoms with E-state index in [9.17, 15) is 4.79 Å². The second-order valence-corrected chi connectivity index (χ2v) is 12.0. The Balaban J connectivity index is 1.11. The Kier molecular flexibility index (Phi) is 9.86. The van der Waals surface area contributed by atoms with Gasteiger partial charge in [-0.25, -0.2) is 9.78 Å². The number of amides is 1. The maximum atomic E-state index is 12.2. The molecule has 2 aromatic heterocycles. The zero-order valence-corrected chi connectivity index (χ0v) is 25.5. The molecule has 1 amide bonds. The lowest BCUT2D eigenvalue weighted by Gasteiger charge is -2.31. The Bertz CT molecular complexity index is 1480. The van der Waals surface area contributed by atoms with E-state index in [1.807, 2.05) is 68.8 Å². The van der Waals surface area contributed by atoms with Gasteiger partial charge in [-0.3, -0.25) is 0 Å². The van der Waals surface area contributed by atoms with Crippen molar-refractivity contribution < 1.29 is 23.5 Å². The highest BCUT2D eigenvalue weighted by Crippen LogP contribution is 2.25. The third-order valence-electron chi connectivity index (χ3n) is 7.36. The average molecular weight is 585 g/mol. The first kappa shape index (κ1) is 30.4. The van der Waals surface area contributed by atoms with Gasteiger partial charge in [0.15, 0.2) is 12.1 Å². The monoisotopic (exact) mass is 584 g/mol. The molecule has 2 atom stereocenters. The van der Waals surface area contributed by atoms with Crippen LogP contribution in [0.3, 0.4) is 0 Å². The molecule has 9 heteroatoms. The van der Waals surface area contributed by atoms with Crippen LogP contribution in [0, 0.1) is 29.6 Å². The molecular formula is C34H40N4O5. The average Bonchev–Trinajstić information content (AvgIpc) is 3.66. The summed E-state index contributed by atoms with van der Waals surface area (Å²) in [6.07, 6.45) is 7.84. The number of piperidine rings is 1. The molecule has 43 heavy (non-hydrogen) atoms. The van der Waals surface area contributed by atoms with Crippen LogP contribution in [-0.2, 0) is 20.8 Å². The summed E-state index contributed by atoms with van der Waals surface area (Å²) in [6, 6.07) is 9.78. The van der Waals surface area contributed by atoms with Gasteiger partial charge in [0.2, 0.25) is 0 Å². The van der Waals surface area contributed by atoms with Crippen molar-refractivity contribution in [3.8, 4) is 35.0 Å². The maximum Gasteiger partial charge on any atom is 0.410 e. The van der Waals surface area contributed by atoms with Gasteiger partial charge >= 0.3 is 6.09 Å². The molecule has 0 aliphatic carbocycles. The molecule has 0 saturated carbocycles. The molecule has 2 aliphatic rings. The summed E-state index contributed by atoms with van der Waals surface area (Å²) in [5.41, 5.74) is 2.11. The molecule has 2 aliphatic heterocycles. The van der Waals surface area contributed by atoms with E-state index in [4.69, 9.17) is 18.7 Å². The van der Waals surface area contributed by atoms with Crippen molar-refractivity contribution in [2.75, 3.05) is 19.7 Å². The SMILES string of the molecule is C[C@H](OC1CCCCO1)c1nccn1Cc1cc(-c2ccc(C#CC#CC3CCN(C(=O)OC(C)(C)C)CC3)cc2)on1. The van der Waals surface area contributed by atoms with Crippen LogP contribution in [-0.4, -0.2) is 57.3 Å². The predicted octanol–water partition coefficient (Wildman–Crippen LogP) is 6.19. The molecule has 2 saturated heterocycles. The summed E-state index contributed by atoms with van der Waals surface area (Å²) in [7, 11) is 0. The van der Waals surface area contributed by atoms with Crippen LogP contribution in [0.2, 0.25) is 0 Å². The standard InChI is InChI=1S/C34H40N4O5/c1-25(41-31-11-7-8-22-40-31)32-35-18-21-38(32)24-29-23-30(43-36-29)28-14-12-26(13-15-28)9-5-6-10-27-16-19-37(20-17-27)33(39)42-34(2,3)4/h12-15,18,21,23,25,27,31H,7-8,11,16-17,19-20,22,24H2,1-4H3/t25-,31?/m0/s1. The maximum absolute atomic E-state index is 12.2. The fourth-order valence-electron chi connectivity index (χ4n) is 5.11. The summed E-state index contributed by atoms with van der Waals surface area (Å²) in [6.45, 7) is 10.2. The van der Waals surface area contributed by atoms with Gasteiger partial charge in [0, 0.05) is 55.2 Å². The minimum atomic E-state index is -0.482. The summed E-state index contributed by atoms with van der Waals surface area (Å²) in [5, 5.41) is 4.28. The number of imidazole rings is 1. The number of benzene rings is 1. The van der Waals surface area contributed by atoms with Gasteiger partial charge < -0.3 is 28.2 Å². The highest BCUT2D eigenvalue weighted by molar-refractivity contribution is 5.68. The zero-order chi connectivity index (χ0) is 30.2. The molecule has 1 unspecified atom stereocenters. The van der Waals surface area contributed by atoms with Gasteiger partial charge in [0.1, 0.15) is 23.2 Å². The molecule has 0 bridgehead atoms. The van der Waals surface area contributed by atoms with Gasteiger partial charge in [-0.2, -0.15) is 0 Å². The van der Waals surface area contributed by atoms with Crippen LogP contribution in [0.5, 0.6) is 0 Å². The molecule has 4 heterocycles. The number of hydrogen-bond acceptors (Lipinski definition) is 7. The molecule has 0 radical (unpaired) electrons. The number of nitrogens with zero attached hydrogens (tertiary/aromatic N) is 4. The normalized spacial score (nSPS) is 18.2. The van der Waals surface area contributed by atoms with Crippen molar-refractivity contribution in [2.45, 2.75) is 84.3 Å². The Morgan fingerprint density at radius 3 is 2.63 bits per heavy atom. The lowest BCUT2D eigenvalue weighted by atomic mass is 9.98. The number of ether oxygens (including phenoxy) is 3. The fourth-order valence-corrected chi connectivity index (χ4v) is 5.11. The van der Waals surface area contributed by atoms with Crippen molar-refractivity contribution in [3.63, 3.8) is 0 Å². The van der Waals surface area contributed by atoms with E-state index >= 15 is 0 Å². The Morgan fingerprint density at radius 2 is 1.91 bits per heavy atom. The molecule has 2 fully saturated rings. The van der Waals surface area contributed by atoms with E-state index in [0.717, 1.165) is 61.4 Å². The van der Waals surface area contributed by atoms with Crippen LogP contribution in [0.4, 0.5) is 4.79 Å². The Hall–Kier alpha value is -4.05. The molecule has 5 rings (SSSR count). The van der Waals surface area contributed by atoms with E-state index in [1.54, 1.807) is 11.1 Å². The second kappa shape index (κ2) is 13.9. The highest BCUT2D eigenvalue weighted by Gasteiger charge is 2.26. The van der Waals surface area contributed by atoms with Gasteiger partial charge in [-0.05, 0) is 95.9 Å². The van der Waals surface area contributed by atoms with Gasteiger partial charge in [0.05, 0.1) is 6.54 Å². The quantitative estimate of drug-likeness (QED) is 0.319. The first-order chi connectivity index (χ1) is 20.7. The van der Waals surface area contributed by atoms with Crippen molar-refractivity contribution in [1.29, 1.82) is 0 Å². The Labute approximate surface area is 253 Å². The Morgan fingerprint density at radius 1 is 1.12 bits per heavy atom. The van der Waals surface area contributed by atoms with Crippen molar-refractivity contribution in [2.24, 2.45) is 5.92 Å². The van der Waals surface area contributed by atoms with Crippen molar-refractivity contribution in [3.05, 3.63) is 59.8 Å². The first-order valence-corrected chi connectivity index (χ1v) is 15.1. The predicted molar refractivity (Wildman–Crippen MR) is 162 cm³/mol. The lowest BCUT2D eigenvalue weighted by molar-refractivity contribution is -0.188. The first-order valence-electron chi connectivity index (χ1n) is 15.1.